The van der Waals surface area contributed by atoms with Gasteiger partial charge in [-0.1, -0.05) is 6.92 Å². The maximum absolute atomic E-state index is 5.85. The quantitative estimate of drug-likeness (QED) is 0.449. The second-order valence-corrected chi connectivity index (χ2v) is 3.33. The number of ether oxygens (including phenoxy) is 1. The molecule has 0 amide bonds. The normalized spacial score (nSPS) is 16.8. The molecular formula is C8H17ClO. The molecule has 0 rings (SSSR count). The Hall–Kier alpha value is 0.250. The van der Waals surface area contributed by atoms with E-state index in [0.29, 0.717) is 5.92 Å². The molecule has 0 aliphatic heterocycles. The van der Waals surface area contributed by atoms with Gasteiger partial charge in [0.15, 0.2) is 0 Å². The molecule has 2 heteroatoms. The van der Waals surface area contributed by atoms with Crippen molar-refractivity contribution in [3.63, 3.8) is 0 Å². The number of alkyl halides is 1. The minimum absolute atomic E-state index is 0.264. The third kappa shape index (κ3) is 5.07. The lowest BCUT2D eigenvalue weighted by atomic mass is 10.1. The van der Waals surface area contributed by atoms with E-state index in [-0.39, 0.29) is 5.38 Å². The van der Waals surface area contributed by atoms with Crippen LogP contribution in [-0.4, -0.2) is 18.6 Å². The van der Waals surface area contributed by atoms with Crippen LogP contribution < -0.4 is 0 Å². The Morgan fingerprint density at radius 1 is 1.40 bits per heavy atom. The first-order chi connectivity index (χ1) is 4.68. The molecule has 10 heavy (non-hydrogen) atoms. The van der Waals surface area contributed by atoms with Crippen LogP contribution >= 0.6 is 11.6 Å². The monoisotopic (exact) mass is 164 g/mol. The molecule has 1 nitrogen and oxygen atoms in total. The summed E-state index contributed by atoms with van der Waals surface area (Å²) >= 11 is 5.85. The van der Waals surface area contributed by atoms with Gasteiger partial charge in [-0.25, -0.2) is 0 Å². The SMILES string of the molecule is CCOCCC(C)C(C)Cl. The highest BCUT2D eigenvalue weighted by Crippen LogP contribution is 2.12. The molecule has 0 heterocycles. The van der Waals surface area contributed by atoms with Gasteiger partial charge in [-0.15, -0.1) is 11.6 Å². The molecule has 0 aliphatic carbocycles. The minimum atomic E-state index is 0.264. The first-order valence-corrected chi connectivity index (χ1v) is 4.34. The Balaban J connectivity index is 3.13. The van der Waals surface area contributed by atoms with Crippen molar-refractivity contribution in [2.45, 2.75) is 32.6 Å². The van der Waals surface area contributed by atoms with E-state index in [1.165, 1.54) is 0 Å². The lowest BCUT2D eigenvalue weighted by Crippen LogP contribution is -2.10. The summed E-state index contributed by atoms with van der Waals surface area (Å²) in [5.41, 5.74) is 0. The summed E-state index contributed by atoms with van der Waals surface area (Å²) in [6.07, 6.45) is 1.07. The smallest absolute Gasteiger partial charge is 0.0468 e. The van der Waals surface area contributed by atoms with Gasteiger partial charge in [0.05, 0.1) is 0 Å². The minimum Gasteiger partial charge on any atom is -0.382 e. The van der Waals surface area contributed by atoms with Crippen molar-refractivity contribution in [3.05, 3.63) is 0 Å². The van der Waals surface area contributed by atoms with Gasteiger partial charge >= 0.3 is 0 Å². The molecule has 0 radical (unpaired) electrons. The molecule has 0 spiro atoms. The number of hydrogen-bond donors (Lipinski definition) is 0. The topological polar surface area (TPSA) is 9.23 Å². The third-order valence-electron chi connectivity index (χ3n) is 1.71. The van der Waals surface area contributed by atoms with E-state index in [0.717, 1.165) is 19.6 Å². The fraction of sp³-hybridized carbons (Fsp3) is 1.00. The van der Waals surface area contributed by atoms with Gasteiger partial charge in [-0.2, -0.15) is 0 Å². The second-order valence-electron chi connectivity index (χ2n) is 2.64. The zero-order chi connectivity index (χ0) is 7.98. The van der Waals surface area contributed by atoms with E-state index in [1.807, 2.05) is 13.8 Å². The van der Waals surface area contributed by atoms with Gasteiger partial charge in [0.25, 0.3) is 0 Å². The highest BCUT2D eigenvalue weighted by molar-refractivity contribution is 6.20. The maximum atomic E-state index is 5.85. The second kappa shape index (κ2) is 5.99. The molecule has 0 saturated heterocycles. The lowest BCUT2D eigenvalue weighted by molar-refractivity contribution is 0.134. The largest absolute Gasteiger partial charge is 0.382 e. The zero-order valence-electron chi connectivity index (χ0n) is 7.06. The molecular weight excluding hydrogens is 148 g/mol. The van der Waals surface area contributed by atoms with Crippen molar-refractivity contribution < 1.29 is 4.74 Å². The third-order valence-corrected chi connectivity index (χ3v) is 2.14. The van der Waals surface area contributed by atoms with Crippen LogP contribution in [0.25, 0.3) is 0 Å². The number of hydrogen-bond acceptors (Lipinski definition) is 1. The summed E-state index contributed by atoms with van der Waals surface area (Å²) in [5, 5.41) is 0.264. The Kier molecular flexibility index (Phi) is 6.14. The molecule has 2 unspecified atom stereocenters. The van der Waals surface area contributed by atoms with E-state index < -0.39 is 0 Å². The highest BCUT2D eigenvalue weighted by Gasteiger charge is 2.07. The van der Waals surface area contributed by atoms with Crippen LogP contribution in [0, 0.1) is 5.92 Å². The molecule has 0 bridgehead atoms. The zero-order valence-corrected chi connectivity index (χ0v) is 7.82. The summed E-state index contributed by atoms with van der Waals surface area (Å²) in [5.74, 6) is 0.563. The van der Waals surface area contributed by atoms with Gasteiger partial charge in [-0.3, -0.25) is 0 Å². The molecule has 0 N–H and O–H groups in total. The first-order valence-electron chi connectivity index (χ1n) is 3.90. The Morgan fingerprint density at radius 3 is 2.40 bits per heavy atom. The number of rotatable bonds is 5. The Labute approximate surface area is 68.7 Å². The van der Waals surface area contributed by atoms with E-state index in [4.69, 9.17) is 16.3 Å². The summed E-state index contributed by atoms with van der Waals surface area (Å²) in [4.78, 5) is 0. The van der Waals surface area contributed by atoms with Gasteiger partial charge in [0, 0.05) is 18.6 Å². The van der Waals surface area contributed by atoms with Gasteiger partial charge in [-0.05, 0) is 26.2 Å². The van der Waals surface area contributed by atoms with Crippen molar-refractivity contribution in [1.82, 2.24) is 0 Å². The summed E-state index contributed by atoms with van der Waals surface area (Å²) in [6.45, 7) is 7.84. The molecule has 0 fully saturated rings. The predicted octanol–water partition coefficient (Wildman–Crippen LogP) is 2.68. The van der Waals surface area contributed by atoms with Gasteiger partial charge in [0.1, 0.15) is 0 Å². The first kappa shape index (κ1) is 10.2. The predicted molar refractivity (Wildman–Crippen MR) is 45.6 cm³/mol. The van der Waals surface area contributed by atoms with Crippen LogP contribution in [0.4, 0.5) is 0 Å². The lowest BCUT2D eigenvalue weighted by Gasteiger charge is -2.12. The van der Waals surface area contributed by atoms with Crippen molar-refractivity contribution in [2.75, 3.05) is 13.2 Å². The molecule has 0 aromatic heterocycles. The average Bonchev–Trinajstić information content (AvgIpc) is 1.88. The molecule has 0 aromatic carbocycles. The van der Waals surface area contributed by atoms with Crippen LogP contribution in [-0.2, 0) is 4.74 Å². The Morgan fingerprint density at radius 2 is 2.00 bits per heavy atom. The van der Waals surface area contributed by atoms with Gasteiger partial charge < -0.3 is 4.74 Å². The van der Waals surface area contributed by atoms with Crippen LogP contribution in [0.5, 0.6) is 0 Å². The molecule has 0 saturated carbocycles. The number of halogens is 1. The van der Waals surface area contributed by atoms with Crippen molar-refractivity contribution in [3.8, 4) is 0 Å². The van der Waals surface area contributed by atoms with Crippen LogP contribution in [0.1, 0.15) is 27.2 Å². The van der Waals surface area contributed by atoms with E-state index in [1.54, 1.807) is 0 Å². The summed E-state index contributed by atoms with van der Waals surface area (Å²) < 4.78 is 5.20. The van der Waals surface area contributed by atoms with Crippen molar-refractivity contribution in [1.29, 1.82) is 0 Å². The fourth-order valence-corrected chi connectivity index (χ4v) is 0.769. The van der Waals surface area contributed by atoms with Crippen molar-refractivity contribution in [2.24, 2.45) is 5.92 Å². The summed E-state index contributed by atoms with van der Waals surface area (Å²) in [6, 6.07) is 0. The van der Waals surface area contributed by atoms with E-state index in [9.17, 15) is 0 Å². The molecule has 0 aliphatic rings. The van der Waals surface area contributed by atoms with Crippen molar-refractivity contribution >= 4 is 11.6 Å². The summed E-state index contributed by atoms with van der Waals surface area (Å²) in [7, 11) is 0. The van der Waals surface area contributed by atoms with E-state index >= 15 is 0 Å². The molecule has 62 valence electrons. The van der Waals surface area contributed by atoms with Crippen LogP contribution in [0.2, 0.25) is 0 Å². The van der Waals surface area contributed by atoms with Crippen LogP contribution in [0.15, 0.2) is 0 Å². The maximum Gasteiger partial charge on any atom is 0.0468 e. The Bertz CT molecular complexity index is 73.7. The standard InChI is InChI=1S/C8H17ClO/c1-4-10-6-5-7(2)8(3)9/h7-8H,4-6H2,1-3H3. The van der Waals surface area contributed by atoms with Gasteiger partial charge in [0.2, 0.25) is 0 Å². The molecule has 2 atom stereocenters. The fourth-order valence-electron chi connectivity index (χ4n) is 0.643. The van der Waals surface area contributed by atoms with Crippen LogP contribution in [0.3, 0.4) is 0 Å². The highest BCUT2D eigenvalue weighted by atomic mass is 35.5. The average molecular weight is 165 g/mol. The molecule has 0 aromatic rings. The van der Waals surface area contributed by atoms with E-state index in [2.05, 4.69) is 6.92 Å².